The number of anilines is 2. The number of rotatable bonds is 6. The summed E-state index contributed by atoms with van der Waals surface area (Å²) < 4.78 is 10.8. The minimum atomic E-state index is -0.146. The molecule has 1 aliphatic rings. The van der Waals surface area contributed by atoms with Gasteiger partial charge in [-0.2, -0.15) is 0 Å². The fourth-order valence-electron chi connectivity index (χ4n) is 3.62. The molecule has 1 amide bonds. The monoisotopic (exact) mass is 412 g/mol. The van der Waals surface area contributed by atoms with Gasteiger partial charge in [0.25, 0.3) is 5.91 Å². The number of para-hydroxylation sites is 1. The predicted octanol–water partition coefficient (Wildman–Crippen LogP) is 3.96. The molecule has 0 saturated carbocycles. The topological polar surface area (TPSA) is 88.3 Å². The van der Waals surface area contributed by atoms with Crippen molar-refractivity contribution in [2.75, 3.05) is 32.7 Å². The van der Waals surface area contributed by atoms with Gasteiger partial charge in [-0.3, -0.25) is 9.78 Å². The van der Waals surface area contributed by atoms with Crippen LogP contribution >= 0.6 is 11.6 Å². The van der Waals surface area contributed by atoms with Crippen molar-refractivity contribution >= 4 is 28.9 Å². The van der Waals surface area contributed by atoms with Gasteiger partial charge in [-0.25, -0.2) is 0 Å². The number of methoxy groups -OCH3 is 2. The lowest BCUT2D eigenvalue weighted by atomic mass is 9.97. The van der Waals surface area contributed by atoms with Crippen LogP contribution in [0, 0.1) is 0 Å². The molecule has 0 aliphatic carbocycles. The number of hydrogen-bond acceptors (Lipinski definition) is 5. The number of fused-ring (bicyclic) bond motifs is 1. The Morgan fingerprint density at radius 1 is 1.24 bits per heavy atom. The highest BCUT2D eigenvalue weighted by Crippen LogP contribution is 2.42. The molecule has 0 fully saturated rings. The number of nitrogens with zero attached hydrogens (tertiary/aromatic N) is 1. The Balaban J connectivity index is 1.90. The van der Waals surface area contributed by atoms with Gasteiger partial charge in [0.2, 0.25) is 0 Å². The van der Waals surface area contributed by atoms with E-state index in [9.17, 15) is 4.79 Å². The van der Waals surface area contributed by atoms with Crippen LogP contribution in [-0.2, 0) is 4.74 Å². The summed E-state index contributed by atoms with van der Waals surface area (Å²) in [5, 5.41) is 6.81. The zero-order valence-electron chi connectivity index (χ0n) is 16.1. The van der Waals surface area contributed by atoms with Crippen LogP contribution in [0.15, 0.2) is 42.7 Å². The molecule has 3 heterocycles. The summed E-state index contributed by atoms with van der Waals surface area (Å²) in [7, 11) is 3.21. The van der Waals surface area contributed by atoms with Gasteiger partial charge in [-0.1, -0.05) is 17.7 Å². The lowest BCUT2D eigenvalue weighted by Gasteiger charge is -2.23. The maximum Gasteiger partial charge on any atom is 0.255 e. The van der Waals surface area contributed by atoms with Crippen LogP contribution in [0.25, 0.3) is 11.3 Å². The van der Waals surface area contributed by atoms with Crippen LogP contribution in [0.1, 0.15) is 22.0 Å². The molecule has 7 nitrogen and oxygen atoms in total. The number of carbonyl (C=O) groups excluding carboxylic acids is 1. The Kier molecular flexibility index (Phi) is 5.42. The van der Waals surface area contributed by atoms with E-state index in [2.05, 4.69) is 20.6 Å². The van der Waals surface area contributed by atoms with E-state index in [1.54, 1.807) is 32.7 Å². The fourth-order valence-corrected chi connectivity index (χ4v) is 3.87. The maximum atomic E-state index is 12.8. The van der Waals surface area contributed by atoms with Crippen LogP contribution in [0.2, 0.25) is 5.02 Å². The highest BCUT2D eigenvalue weighted by atomic mass is 35.5. The molecule has 150 valence electrons. The molecule has 1 aromatic carbocycles. The van der Waals surface area contributed by atoms with E-state index >= 15 is 0 Å². The van der Waals surface area contributed by atoms with E-state index in [1.807, 2.05) is 24.3 Å². The first-order valence-electron chi connectivity index (χ1n) is 9.17. The van der Waals surface area contributed by atoms with Gasteiger partial charge in [0, 0.05) is 43.2 Å². The number of pyridine rings is 1. The van der Waals surface area contributed by atoms with E-state index < -0.39 is 0 Å². The van der Waals surface area contributed by atoms with Crippen molar-refractivity contribution in [3.05, 3.63) is 59.0 Å². The van der Waals surface area contributed by atoms with Crippen LogP contribution in [-0.4, -0.2) is 43.2 Å². The lowest BCUT2D eigenvalue weighted by molar-refractivity contribution is 0.0925. The average Bonchev–Trinajstić information content (AvgIpc) is 3.11. The van der Waals surface area contributed by atoms with E-state index in [0.717, 1.165) is 17.0 Å². The SMILES string of the molecule is COC[C@H]1CNC(=O)c2c1[nH]c(-c1ccncc1)c2Nc1cccc(Cl)c1OC. The predicted molar refractivity (Wildman–Crippen MR) is 112 cm³/mol. The van der Waals surface area contributed by atoms with Crippen molar-refractivity contribution in [2.45, 2.75) is 5.92 Å². The number of hydrogen-bond donors (Lipinski definition) is 3. The molecule has 4 rings (SSSR count). The minimum absolute atomic E-state index is 0.0186. The van der Waals surface area contributed by atoms with Gasteiger partial charge < -0.3 is 25.1 Å². The average molecular weight is 413 g/mol. The molecule has 0 unspecified atom stereocenters. The number of carbonyl (C=O) groups is 1. The van der Waals surface area contributed by atoms with Crippen LogP contribution in [0.5, 0.6) is 5.75 Å². The molecule has 1 atom stereocenters. The third-order valence-electron chi connectivity index (χ3n) is 4.94. The Morgan fingerprint density at radius 2 is 2.03 bits per heavy atom. The molecule has 3 N–H and O–H groups in total. The minimum Gasteiger partial charge on any atom is -0.493 e. The number of benzene rings is 1. The molecular formula is C21H21ClN4O3. The smallest absolute Gasteiger partial charge is 0.255 e. The van der Waals surface area contributed by atoms with Crippen molar-refractivity contribution in [1.29, 1.82) is 0 Å². The van der Waals surface area contributed by atoms with Crippen LogP contribution < -0.4 is 15.4 Å². The van der Waals surface area contributed by atoms with Gasteiger partial charge in [0.05, 0.1) is 41.4 Å². The summed E-state index contributed by atoms with van der Waals surface area (Å²) in [5.74, 6) is 0.381. The van der Waals surface area contributed by atoms with E-state index in [-0.39, 0.29) is 11.8 Å². The number of ether oxygens (including phenoxy) is 2. The second-order valence-electron chi connectivity index (χ2n) is 6.71. The van der Waals surface area contributed by atoms with Crippen molar-refractivity contribution in [2.24, 2.45) is 0 Å². The Hall–Kier alpha value is -3.03. The van der Waals surface area contributed by atoms with Crippen molar-refractivity contribution in [1.82, 2.24) is 15.3 Å². The van der Waals surface area contributed by atoms with Gasteiger partial charge in [0.15, 0.2) is 5.75 Å². The van der Waals surface area contributed by atoms with Gasteiger partial charge in [-0.15, -0.1) is 0 Å². The summed E-state index contributed by atoms with van der Waals surface area (Å²) >= 11 is 6.29. The largest absolute Gasteiger partial charge is 0.493 e. The number of nitrogens with one attached hydrogen (secondary N) is 3. The first kappa shape index (κ1) is 19.3. The number of H-pyrrole nitrogens is 1. The highest BCUT2D eigenvalue weighted by molar-refractivity contribution is 6.32. The molecular weight excluding hydrogens is 392 g/mol. The number of halogens is 1. The molecule has 0 saturated heterocycles. The van der Waals surface area contributed by atoms with Crippen LogP contribution in [0.3, 0.4) is 0 Å². The Morgan fingerprint density at radius 3 is 2.76 bits per heavy atom. The first-order chi connectivity index (χ1) is 14.1. The van der Waals surface area contributed by atoms with Crippen molar-refractivity contribution < 1.29 is 14.3 Å². The fraction of sp³-hybridized carbons (Fsp3) is 0.238. The summed E-state index contributed by atoms with van der Waals surface area (Å²) in [4.78, 5) is 20.4. The third kappa shape index (κ3) is 3.54. The van der Waals surface area contributed by atoms with Crippen molar-refractivity contribution in [3.63, 3.8) is 0 Å². The molecule has 2 aromatic heterocycles. The Labute approximate surface area is 173 Å². The summed E-state index contributed by atoms with van der Waals surface area (Å²) in [5.41, 5.74) is 4.42. The van der Waals surface area contributed by atoms with E-state index in [1.165, 1.54) is 0 Å². The third-order valence-corrected chi connectivity index (χ3v) is 5.24. The first-order valence-corrected chi connectivity index (χ1v) is 9.54. The van der Waals surface area contributed by atoms with Crippen LogP contribution in [0.4, 0.5) is 11.4 Å². The zero-order chi connectivity index (χ0) is 20.4. The normalized spacial score (nSPS) is 15.6. The number of amides is 1. The zero-order valence-corrected chi connectivity index (χ0v) is 16.8. The van der Waals surface area contributed by atoms with Gasteiger partial charge >= 0.3 is 0 Å². The number of aromatic amines is 1. The standard InChI is InChI=1S/C21H21ClN4O3/c1-28-11-13-10-24-21(27)16-17(13)26-18(12-6-8-23-9-7-12)19(16)25-15-5-3-4-14(22)20(15)29-2/h3-9,13,25-26H,10-11H2,1-2H3,(H,24,27)/t13-/m1/s1. The Bertz CT molecular complexity index is 1040. The van der Waals surface area contributed by atoms with Gasteiger partial charge in [-0.05, 0) is 24.3 Å². The van der Waals surface area contributed by atoms with E-state index in [0.29, 0.717) is 40.9 Å². The second-order valence-corrected chi connectivity index (χ2v) is 7.11. The van der Waals surface area contributed by atoms with E-state index in [4.69, 9.17) is 21.1 Å². The molecule has 8 heteroatoms. The summed E-state index contributed by atoms with van der Waals surface area (Å²) in [6, 6.07) is 9.21. The second kappa shape index (κ2) is 8.14. The molecule has 0 radical (unpaired) electrons. The number of aromatic nitrogens is 2. The molecule has 0 bridgehead atoms. The summed E-state index contributed by atoms with van der Waals surface area (Å²) in [6.07, 6.45) is 3.43. The highest BCUT2D eigenvalue weighted by Gasteiger charge is 2.33. The molecule has 3 aromatic rings. The molecule has 0 spiro atoms. The molecule has 29 heavy (non-hydrogen) atoms. The quantitative estimate of drug-likeness (QED) is 0.570. The van der Waals surface area contributed by atoms with Gasteiger partial charge in [0.1, 0.15) is 0 Å². The lowest BCUT2D eigenvalue weighted by Crippen LogP contribution is -2.36. The maximum absolute atomic E-state index is 12.8. The summed E-state index contributed by atoms with van der Waals surface area (Å²) in [6.45, 7) is 0.999. The molecule has 1 aliphatic heterocycles. The van der Waals surface area contributed by atoms with Crippen molar-refractivity contribution in [3.8, 4) is 17.0 Å².